The minimum Gasteiger partial charge on any atom is -0.489 e. The van der Waals surface area contributed by atoms with Crippen molar-refractivity contribution in [2.24, 2.45) is 5.73 Å². The Balaban J connectivity index is 2.78. The number of H-pyrrole nitrogens is 1. The van der Waals surface area contributed by atoms with Gasteiger partial charge in [-0.2, -0.15) is 0 Å². The molecule has 16 heavy (non-hydrogen) atoms. The molecule has 5 N–H and O–H groups in total. The number of methoxy groups -OCH3 is 1. The number of carbonyl (C=O) groups is 1. The minimum atomic E-state index is -1.36. The van der Waals surface area contributed by atoms with Gasteiger partial charge in [-0.25, -0.2) is 4.98 Å². The fourth-order valence-electron chi connectivity index (χ4n) is 0.996. The second kappa shape index (κ2) is 5.12. The van der Waals surface area contributed by atoms with Crippen LogP contribution in [0.15, 0.2) is 11.1 Å². The number of hydrogen-bond donors (Lipinski definition) is 4. The number of nitrogens with one attached hydrogen (secondary N) is 2. The van der Waals surface area contributed by atoms with Crippen molar-refractivity contribution in [3.63, 3.8) is 0 Å². The third-order valence-corrected chi connectivity index (χ3v) is 1.81. The first-order valence-corrected chi connectivity index (χ1v) is 4.39. The summed E-state index contributed by atoms with van der Waals surface area (Å²) in [5, 5.41) is 11.7. The molecule has 0 aromatic carbocycles. The SMILES string of the molecule is COc1c(NCC(O)C(N)=O)nc[nH]c1=O. The molecule has 1 unspecified atom stereocenters. The van der Waals surface area contributed by atoms with Gasteiger partial charge in [0.25, 0.3) is 5.56 Å². The molecule has 0 fully saturated rings. The maximum atomic E-state index is 11.2. The van der Waals surface area contributed by atoms with Crippen LogP contribution in [0.2, 0.25) is 0 Å². The van der Waals surface area contributed by atoms with Gasteiger partial charge in [0.15, 0.2) is 5.82 Å². The molecule has 0 radical (unpaired) electrons. The van der Waals surface area contributed by atoms with Crippen molar-refractivity contribution in [1.82, 2.24) is 9.97 Å². The minimum absolute atomic E-state index is 0.0285. The summed E-state index contributed by atoms with van der Waals surface area (Å²) < 4.78 is 4.80. The summed E-state index contributed by atoms with van der Waals surface area (Å²) in [6.45, 7) is -0.151. The van der Waals surface area contributed by atoms with Gasteiger partial charge in [-0.15, -0.1) is 0 Å². The number of hydrogen-bond acceptors (Lipinski definition) is 6. The first kappa shape index (κ1) is 12.0. The quantitative estimate of drug-likeness (QED) is 0.462. The van der Waals surface area contributed by atoms with Crippen LogP contribution < -0.4 is 21.3 Å². The van der Waals surface area contributed by atoms with E-state index in [1.807, 2.05) is 0 Å². The summed E-state index contributed by atoms with van der Waals surface area (Å²) in [5.74, 6) is -0.762. The van der Waals surface area contributed by atoms with Crippen molar-refractivity contribution in [3.05, 3.63) is 16.7 Å². The van der Waals surface area contributed by atoms with E-state index in [0.717, 1.165) is 0 Å². The normalized spacial score (nSPS) is 11.9. The van der Waals surface area contributed by atoms with Crippen molar-refractivity contribution < 1.29 is 14.6 Å². The van der Waals surface area contributed by atoms with Gasteiger partial charge in [-0.05, 0) is 0 Å². The van der Waals surface area contributed by atoms with Crippen LogP contribution in [0.25, 0.3) is 0 Å². The Kier molecular flexibility index (Phi) is 3.84. The first-order valence-electron chi connectivity index (χ1n) is 4.39. The van der Waals surface area contributed by atoms with Gasteiger partial charge in [-0.3, -0.25) is 9.59 Å². The molecule has 1 amide bonds. The fraction of sp³-hybridized carbons (Fsp3) is 0.375. The maximum Gasteiger partial charge on any atom is 0.295 e. The number of ether oxygens (including phenoxy) is 1. The van der Waals surface area contributed by atoms with Crippen molar-refractivity contribution in [1.29, 1.82) is 0 Å². The van der Waals surface area contributed by atoms with E-state index < -0.39 is 17.6 Å². The molecule has 0 bridgehead atoms. The van der Waals surface area contributed by atoms with E-state index in [9.17, 15) is 9.59 Å². The number of nitrogens with zero attached hydrogens (tertiary/aromatic N) is 1. The van der Waals surface area contributed by atoms with Crippen molar-refractivity contribution in [3.8, 4) is 5.75 Å². The molecule has 0 aliphatic carbocycles. The molecule has 0 aliphatic heterocycles. The molecule has 88 valence electrons. The van der Waals surface area contributed by atoms with E-state index >= 15 is 0 Å². The fourth-order valence-corrected chi connectivity index (χ4v) is 0.996. The Hall–Kier alpha value is -2.09. The highest BCUT2D eigenvalue weighted by Crippen LogP contribution is 2.13. The molecule has 0 saturated heterocycles. The first-order chi connectivity index (χ1) is 7.56. The van der Waals surface area contributed by atoms with E-state index in [4.69, 9.17) is 15.6 Å². The lowest BCUT2D eigenvalue weighted by Gasteiger charge is -2.10. The standard InChI is InChI=1S/C8H12N4O4/c1-16-5-7(11-3-12-8(5)15)10-2-4(13)6(9)14/h3-4,13H,2H2,1H3,(H2,9,14)(H2,10,11,12,15). The number of aliphatic hydroxyl groups excluding tert-OH is 1. The molecular formula is C8H12N4O4. The summed E-state index contributed by atoms with van der Waals surface area (Å²) in [6.07, 6.45) is -0.185. The Morgan fingerprint density at radius 2 is 2.50 bits per heavy atom. The van der Waals surface area contributed by atoms with Gasteiger partial charge in [0.2, 0.25) is 11.7 Å². The summed E-state index contributed by atoms with van der Waals surface area (Å²) in [4.78, 5) is 27.9. The Morgan fingerprint density at radius 3 is 3.06 bits per heavy atom. The zero-order valence-corrected chi connectivity index (χ0v) is 8.56. The zero-order chi connectivity index (χ0) is 12.1. The number of anilines is 1. The van der Waals surface area contributed by atoms with E-state index in [0.29, 0.717) is 0 Å². The third-order valence-electron chi connectivity index (χ3n) is 1.81. The highest BCUT2D eigenvalue weighted by Gasteiger charge is 2.13. The molecule has 0 spiro atoms. The highest BCUT2D eigenvalue weighted by atomic mass is 16.5. The molecule has 0 saturated carbocycles. The number of amides is 1. The summed E-state index contributed by atoms with van der Waals surface area (Å²) in [7, 11) is 1.31. The monoisotopic (exact) mass is 228 g/mol. The van der Waals surface area contributed by atoms with Gasteiger partial charge >= 0.3 is 0 Å². The van der Waals surface area contributed by atoms with Crippen molar-refractivity contribution in [2.75, 3.05) is 19.0 Å². The van der Waals surface area contributed by atoms with Crippen molar-refractivity contribution >= 4 is 11.7 Å². The molecule has 8 nitrogen and oxygen atoms in total. The molecule has 1 aromatic rings. The largest absolute Gasteiger partial charge is 0.489 e. The lowest BCUT2D eigenvalue weighted by Crippen LogP contribution is -2.34. The van der Waals surface area contributed by atoms with Crippen molar-refractivity contribution in [2.45, 2.75) is 6.10 Å². The van der Waals surface area contributed by atoms with Gasteiger partial charge in [-0.1, -0.05) is 0 Å². The smallest absolute Gasteiger partial charge is 0.295 e. The number of primary amides is 1. The summed E-state index contributed by atoms with van der Waals surface area (Å²) in [6, 6.07) is 0. The molecule has 8 heteroatoms. The molecule has 1 aromatic heterocycles. The topological polar surface area (TPSA) is 130 Å². The second-order valence-electron chi connectivity index (χ2n) is 2.91. The van der Waals surface area contributed by atoms with Gasteiger partial charge in [0, 0.05) is 0 Å². The van der Waals surface area contributed by atoms with Crippen LogP contribution in [-0.2, 0) is 4.79 Å². The summed E-state index contributed by atoms with van der Waals surface area (Å²) >= 11 is 0. The average Bonchev–Trinajstić information content (AvgIpc) is 2.25. The zero-order valence-electron chi connectivity index (χ0n) is 8.56. The lowest BCUT2D eigenvalue weighted by molar-refractivity contribution is -0.125. The lowest BCUT2D eigenvalue weighted by atomic mass is 10.3. The third kappa shape index (κ3) is 2.70. The summed E-state index contributed by atoms with van der Waals surface area (Å²) in [5.41, 5.74) is 4.39. The number of aromatic amines is 1. The van der Waals surface area contributed by atoms with Crippen LogP contribution in [0.4, 0.5) is 5.82 Å². The van der Waals surface area contributed by atoms with Crippen LogP contribution in [0.1, 0.15) is 0 Å². The van der Waals surface area contributed by atoms with Gasteiger partial charge < -0.3 is 25.9 Å². The maximum absolute atomic E-state index is 11.2. The van der Waals surface area contributed by atoms with E-state index in [1.165, 1.54) is 13.4 Å². The van der Waals surface area contributed by atoms with E-state index in [-0.39, 0.29) is 18.1 Å². The Labute approximate surface area is 90.5 Å². The van der Waals surface area contributed by atoms with Crippen LogP contribution in [0.5, 0.6) is 5.75 Å². The van der Waals surface area contributed by atoms with E-state index in [1.54, 1.807) is 0 Å². The Bertz CT molecular complexity index is 430. The molecule has 1 heterocycles. The number of nitrogens with two attached hydrogens (primary N) is 1. The number of carbonyl (C=O) groups excluding carboxylic acids is 1. The number of rotatable bonds is 5. The van der Waals surface area contributed by atoms with Crippen LogP contribution in [0.3, 0.4) is 0 Å². The van der Waals surface area contributed by atoms with Gasteiger partial charge in [0.05, 0.1) is 20.0 Å². The van der Waals surface area contributed by atoms with Gasteiger partial charge in [0.1, 0.15) is 6.10 Å². The predicted molar refractivity (Wildman–Crippen MR) is 55.1 cm³/mol. The van der Waals surface area contributed by atoms with Crippen LogP contribution >= 0.6 is 0 Å². The number of aliphatic hydroxyl groups is 1. The average molecular weight is 228 g/mol. The Morgan fingerprint density at radius 1 is 1.81 bits per heavy atom. The molecule has 0 aliphatic rings. The van der Waals surface area contributed by atoms with Crippen LogP contribution in [-0.4, -0.2) is 40.7 Å². The highest BCUT2D eigenvalue weighted by molar-refractivity contribution is 5.79. The molecular weight excluding hydrogens is 216 g/mol. The number of aromatic nitrogens is 2. The van der Waals surface area contributed by atoms with Crippen LogP contribution in [0, 0.1) is 0 Å². The molecule has 1 atom stereocenters. The second-order valence-corrected chi connectivity index (χ2v) is 2.91. The molecule has 1 rings (SSSR count). The van der Waals surface area contributed by atoms with E-state index in [2.05, 4.69) is 15.3 Å². The predicted octanol–water partition coefficient (Wildman–Crippen LogP) is -1.96.